The summed E-state index contributed by atoms with van der Waals surface area (Å²) in [6, 6.07) is 18.1. The van der Waals surface area contributed by atoms with Crippen molar-refractivity contribution in [2.45, 2.75) is 37.7 Å². The van der Waals surface area contributed by atoms with Crippen LogP contribution in [0, 0.1) is 11.8 Å². The van der Waals surface area contributed by atoms with E-state index in [1.54, 1.807) is 18.3 Å². The number of aromatic nitrogens is 2. The first-order chi connectivity index (χ1) is 23.4. The van der Waals surface area contributed by atoms with Crippen molar-refractivity contribution < 1.29 is 33.8 Å². The number of aliphatic hydroxyl groups excluding tert-OH is 1. The number of ketones is 2. The van der Waals surface area contributed by atoms with Crippen LogP contribution in [0.3, 0.4) is 0 Å². The zero-order valence-corrected chi connectivity index (χ0v) is 26.2. The van der Waals surface area contributed by atoms with Crippen LogP contribution in [-0.2, 0) is 24.4 Å². The minimum Gasteiger partial charge on any atom is -0.507 e. The zero-order chi connectivity index (χ0) is 33.4. The van der Waals surface area contributed by atoms with E-state index in [2.05, 4.69) is 23.3 Å². The van der Waals surface area contributed by atoms with Crippen molar-refractivity contribution in [3.8, 4) is 11.6 Å². The number of Topliss-reactive ketones (excluding diaryl/α,β-unsaturated/α-hetero) is 2. The summed E-state index contributed by atoms with van der Waals surface area (Å²) >= 11 is 0. The number of carbonyl (C=O) groups excluding carboxylic acids is 2. The molecule has 10 heteroatoms. The highest BCUT2D eigenvalue weighted by atomic mass is 16.5. The van der Waals surface area contributed by atoms with Gasteiger partial charge in [0.15, 0.2) is 11.4 Å². The minimum absolute atomic E-state index is 0.00485. The minimum atomic E-state index is -2.54. The highest BCUT2D eigenvalue weighted by Crippen LogP contribution is 2.56. The van der Waals surface area contributed by atoms with Crippen LogP contribution in [0.4, 0.5) is 0 Å². The molecule has 48 heavy (non-hydrogen) atoms. The van der Waals surface area contributed by atoms with Crippen molar-refractivity contribution in [2.24, 2.45) is 11.8 Å². The first-order valence-electron chi connectivity index (χ1n) is 15.9. The Balaban J connectivity index is 1.31. The molecule has 0 saturated heterocycles. The monoisotopic (exact) mass is 645 g/mol. The van der Waals surface area contributed by atoms with Crippen LogP contribution in [0.1, 0.15) is 50.8 Å². The molecule has 0 bridgehead atoms. The molecule has 3 aliphatic carbocycles. The first kappa shape index (κ1) is 31.3. The molecule has 2 N–H and O–H groups in total. The second-order valence-corrected chi connectivity index (χ2v) is 12.4. The molecule has 0 spiro atoms. The van der Waals surface area contributed by atoms with Crippen LogP contribution in [0.15, 0.2) is 108 Å². The van der Waals surface area contributed by atoms with Crippen LogP contribution in [-0.4, -0.2) is 55.5 Å². The van der Waals surface area contributed by atoms with E-state index in [9.17, 15) is 19.8 Å². The Labute approximate surface area is 277 Å². The van der Waals surface area contributed by atoms with Gasteiger partial charge in [-0.3, -0.25) is 19.5 Å². The largest absolute Gasteiger partial charge is 0.507 e. The lowest BCUT2D eigenvalue weighted by atomic mass is 9.57. The fraction of sp³-hybridized carbons (Fsp3) is 0.263. The molecule has 0 unspecified atom stereocenters. The molecule has 0 amide bonds. The van der Waals surface area contributed by atoms with Crippen molar-refractivity contribution in [3.05, 3.63) is 138 Å². The Hall–Kier alpha value is -5.32. The molecular formula is C38H35N3O7. The van der Waals surface area contributed by atoms with E-state index in [1.807, 2.05) is 65.6 Å². The Morgan fingerprint density at radius 1 is 0.917 bits per heavy atom. The van der Waals surface area contributed by atoms with Gasteiger partial charge in [-0.25, -0.2) is 0 Å². The standard InChI is InChI=1S/C38H35N3O7/c1-3-15-41(16-4-2)32-27-18-25-17-26-19-39-20-28(46-21-23-11-7-5-8-12-23)29(26)33(42)30(25)35(43)38(27,45)36(44)31-34(32)48-40-37(31)47-22-24-13-9-6-10-14-24/h3-14,19-20,25,27,32,42,45H,1-2,15-18,21-22H2/t25-,27-,32-,38-/m0/s1. The molecule has 10 nitrogen and oxygen atoms in total. The third-order valence-corrected chi connectivity index (χ3v) is 9.51. The molecule has 3 aliphatic rings. The second-order valence-electron chi connectivity index (χ2n) is 12.4. The first-order valence-corrected chi connectivity index (χ1v) is 15.9. The van der Waals surface area contributed by atoms with Gasteiger partial charge in [-0.2, -0.15) is 0 Å². The maximum atomic E-state index is 14.6. The SMILES string of the molecule is C=CCN(CC=C)[C@@H]1c2onc(OCc3ccccc3)c2C(=O)[C@@]2(O)C(=O)C3=C(O)c4c(cncc4OCc4ccccc4)C[C@H]3C[C@@H]12. The average molecular weight is 646 g/mol. The van der Waals surface area contributed by atoms with Crippen LogP contribution < -0.4 is 9.47 Å². The summed E-state index contributed by atoms with van der Waals surface area (Å²) in [5.74, 6) is -3.10. The molecule has 4 aromatic rings. The Morgan fingerprint density at radius 3 is 2.21 bits per heavy atom. The van der Waals surface area contributed by atoms with Gasteiger partial charge in [0.05, 0.1) is 17.8 Å². The van der Waals surface area contributed by atoms with Gasteiger partial charge in [0, 0.05) is 30.8 Å². The number of nitrogens with zero attached hydrogens (tertiary/aromatic N) is 3. The summed E-state index contributed by atoms with van der Waals surface area (Å²) in [6.07, 6.45) is 7.08. The third kappa shape index (κ3) is 5.14. The van der Waals surface area contributed by atoms with Crippen molar-refractivity contribution in [3.63, 3.8) is 0 Å². The summed E-state index contributed by atoms with van der Waals surface area (Å²) in [5, 5.41) is 28.4. The van der Waals surface area contributed by atoms with E-state index < -0.39 is 35.0 Å². The maximum Gasteiger partial charge on any atom is 0.265 e. The lowest BCUT2D eigenvalue weighted by Gasteiger charge is -2.50. The second kappa shape index (κ2) is 12.7. The highest BCUT2D eigenvalue weighted by molar-refractivity contribution is 6.26. The van der Waals surface area contributed by atoms with Crippen LogP contribution >= 0.6 is 0 Å². The summed E-state index contributed by atoms with van der Waals surface area (Å²) < 4.78 is 17.9. The molecule has 4 atom stereocenters. The van der Waals surface area contributed by atoms with Crippen LogP contribution in [0.5, 0.6) is 11.6 Å². The lowest BCUT2D eigenvalue weighted by Crippen LogP contribution is -2.63. The molecule has 0 aliphatic heterocycles. The number of fused-ring (bicyclic) bond motifs is 4. The fourth-order valence-electron chi connectivity index (χ4n) is 7.37. The number of hydrogen-bond donors (Lipinski definition) is 2. The highest BCUT2D eigenvalue weighted by Gasteiger charge is 2.65. The zero-order valence-electron chi connectivity index (χ0n) is 26.2. The number of ether oxygens (including phenoxy) is 2. The molecule has 0 radical (unpaired) electrons. The summed E-state index contributed by atoms with van der Waals surface area (Å²) in [6.45, 7) is 8.78. The van der Waals surface area contributed by atoms with E-state index in [4.69, 9.17) is 14.0 Å². The predicted molar refractivity (Wildman–Crippen MR) is 176 cm³/mol. The topological polar surface area (TPSA) is 135 Å². The van der Waals surface area contributed by atoms with E-state index in [0.29, 0.717) is 36.4 Å². The van der Waals surface area contributed by atoms with Gasteiger partial charge in [-0.15, -0.1) is 13.2 Å². The van der Waals surface area contributed by atoms with E-state index in [0.717, 1.165) is 11.1 Å². The molecule has 2 aromatic heterocycles. The van der Waals surface area contributed by atoms with E-state index >= 15 is 0 Å². The fourth-order valence-corrected chi connectivity index (χ4v) is 7.37. The van der Waals surface area contributed by atoms with Crippen LogP contribution in [0.25, 0.3) is 5.76 Å². The molecule has 2 heterocycles. The van der Waals surface area contributed by atoms with Gasteiger partial charge in [-0.1, -0.05) is 72.8 Å². The quantitative estimate of drug-likeness (QED) is 0.157. The Bertz CT molecular complexity index is 1910. The molecule has 2 aromatic carbocycles. The average Bonchev–Trinajstić information content (AvgIpc) is 3.52. The van der Waals surface area contributed by atoms with Crippen molar-refractivity contribution >= 4 is 17.3 Å². The lowest BCUT2D eigenvalue weighted by molar-refractivity contribution is -0.143. The van der Waals surface area contributed by atoms with Gasteiger partial charge >= 0.3 is 0 Å². The number of hydrogen-bond acceptors (Lipinski definition) is 10. The van der Waals surface area contributed by atoms with E-state index in [-0.39, 0.29) is 48.2 Å². The van der Waals surface area contributed by atoms with Crippen molar-refractivity contribution in [1.29, 1.82) is 0 Å². The molecule has 244 valence electrons. The summed E-state index contributed by atoms with van der Waals surface area (Å²) in [4.78, 5) is 35.4. The summed E-state index contributed by atoms with van der Waals surface area (Å²) in [5.41, 5.74) is 0.151. The van der Waals surface area contributed by atoms with Crippen LogP contribution in [0.2, 0.25) is 0 Å². The number of rotatable bonds is 11. The van der Waals surface area contributed by atoms with Gasteiger partial charge < -0.3 is 24.2 Å². The summed E-state index contributed by atoms with van der Waals surface area (Å²) in [7, 11) is 0. The van der Waals surface area contributed by atoms with Gasteiger partial charge in [0.1, 0.15) is 30.3 Å². The number of carbonyl (C=O) groups is 2. The number of benzene rings is 2. The van der Waals surface area contributed by atoms with Crippen molar-refractivity contribution in [1.82, 2.24) is 15.0 Å². The smallest absolute Gasteiger partial charge is 0.265 e. The molecular weight excluding hydrogens is 610 g/mol. The molecule has 7 rings (SSSR count). The Kier molecular flexibility index (Phi) is 8.28. The van der Waals surface area contributed by atoms with Gasteiger partial charge in [0.2, 0.25) is 11.6 Å². The maximum absolute atomic E-state index is 14.6. The number of aliphatic hydroxyl groups is 2. The molecule has 1 fully saturated rings. The van der Waals surface area contributed by atoms with Crippen molar-refractivity contribution in [2.75, 3.05) is 13.1 Å². The Morgan fingerprint density at radius 2 is 1.56 bits per heavy atom. The molecule has 1 saturated carbocycles. The third-order valence-electron chi connectivity index (χ3n) is 9.51. The van der Waals surface area contributed by atoms with Gasteiger partial charge in [-0.05, 0) is 40.6 Å². The van der Waals surface area contributed by atoms with Gasteiger partial charge in [0.25, 0.3) is 5.88 Å². The number of pyridine rings is 1. The predicted octanol–water partition coefficient (Wildman–Crippen LogP) is 5.60. The van der Waals surface area contributed by atoms with E-state index in [1.165, 1.54) is 6.20 Å². The normalized spacial score (nSPS) is 22.8.